The van der Waals surface area contributed by atoms with E-state index in [-0.39, 0.29) is 30.5 Å². The van der Waals surface area contributed by atoms with Crippen molar-refractivity contribution < 1.29 is 27.5 Å². The number of nitrogens with zero attached hydrogens (tertiary/aromatic N) is 2. The molecule has 0 unspecified atom stereocenters. The summed E-state index contributed by atoms with van der Waals surface area (Å²) >= 11 is 0. The van der Waals surface area contributed by atoms with Gasteiger partial charge in [0.2, 0.25) is 11.7 Å². The van der Waals surface area contributed by atoms with E-state index in [1.54, 1.807) is 23.8 Å². The first-order chi connectivity index (χ1) is 20.2. The van der Waals surface area contributed by atoms with Gasteiger partial charge in [-0.3, -0.25) is 9.59 Å². The molecule has 0 aliphatic carbocycles. The van der Waals surface area contributed by atoms with Gasteiger partial charge in [-0.1, -0.05) is 54.6 Å². The number of ether oxygens (including phenoxy) is 1. The van der Waals surface area contributed by atoms with Gasteiger partial charge >= 0.3 is 0 Å². The summed E-state index contributed by atoms with van der Waals surface area (Å²) < 4.78 is 46.5. The normalized spacial score (nSPS) is 18.2. The van der Waals surface area contributed by atoms with E-state index >= 15 is 0 Å². The average molecular weight is 578 g/mol. The summed E-state index contributed by atoms with van der Waals surface area (Å²) in [6, 6.07) is 19.0. The predicted molar refractivity (Wildman–Crippen MR) is 154 cm³/mol. The quantitative estimate of drug-likeness (QED) is 0.372. The highest BCUT2D eigenvalue weighted by Gasteiger charge is 2.39. The Bertz CT molecular complexity index is 1480. The van der Waals surface area contributed by atoms with Crippen LogP contribution in [0.2, 0.25) is 0 Å². The highest BCUT2D eigenvalue weighted by Crippen LogP contribution is 2.34. The number of likely N-dealkylation sites (N-methyl/N-ethyl adjacent to an activating group) is 1. The fourth-order valence-corrected chi connectivity index (χ4v) is 5.66. The maximum Gasteiger partial charge on any atom is 0.251 e. The van der Waals surface area contributed by atoms with Crippen molar-refractivity contribution in [2.24, 2.45) is 0 Å². The lowest BCUT2D eigenvalue weighted by Gasteiger charge is -2.44. The first-order valence-electron chi connectivity index (χ1n) is 14.1. The lowest BCUT2D eigenvalue weighted by Crippen LogP contribution is -2.61. The number of benzene rings is 3. The Morgan fingerprint density at radius 1 is 0.929 bits per heavy atom. The van der Waals surface area contributed by atoms with Crippen LogP contribution in [-0.4, -0.2) is 67.0 Å². The lowest BCUT2D eigenvalue weighted by molar-refractivity contribution is -0.132. The molecule has 2 atom stereocenters. The summed E-state index contributed by atoms with van der Waals surface area (Å²) in [4.78, 5) is 29.7. The Kier molecular flexibility index (Phi) is 8.97. The number of carbonyl (C=O) groups is 2. The molecule has 3 aromatic rings. The fourth-order valence-electron chi connectivity index (χ4n) is 5.66. The third-order valence-corrected chi connectivity index (χ3v) is 7.95. The molecule has 0 spiro atoms. The van der Waals surface area contributed by atoms with Gasteiger partial charge in [-0.2, -0.15) is 4.39 Å². The fraction of sp³-hybridized carbons (Fsp3) is 0.333. The molecule has 1 N–H and O–H groups in total. The van der Waals surface area contributed by atoms with Crippen LogP contribution in [0.1, 0.15) is 30.0 Å². The molecule has 0 aromatic heterocycles. The van der Waals surface area contributed by atoms with Gasteiger partial charge in [0.25, 0.3) is 5.91 Å². The van der Waals surface area contributed by atoms with E-state index in [1.165, 1.54) is 0 Å². The number of carbonyl (C=O) groups excluding carboxylic acids is 2. The van der Waals surface area contributed by atoms with E-state index < -0.39 is 23.2 Å². The second-order valence-electron chi connectivity index (χ2n) is 10.9. The maximum atomic E-state index is 13.9. The molecule has 6 nitrogen and oxygen atoms in total. The van der Waals surface area contributed by atoms with Crippen LogP contribution in [-0.2, 0) is 22.4 Å². The van der Waals surface area contributed by atoms with Crippen LogP contribution in [0.15, 0.2) is 72.3 Å². The molecule has 0 radical (unpaired) electrons. The van der Waals surface area contributed by atoms with Crippen molar-refractivity contribution >= 4 is 17.4 Å². The van der Waals surface area contributed by atoms with E-state index in [1.807, 2.05) is 54.6 Å². The van der Waals surface area contributed by atoms with Crippen molar-refractivity contribution in [2.45, 2.75) is 38.3 Å². The Morgan fingerprint density at radius 3 is 2.33 bits per heavy atom. The zero-order valence-electron chi connectivity index (χ0n) is 23.7. The van der Waals surface area contributed by atoms with Gasteiger partial charge in [0.15, 0.2) is 17.4 Å². The van der Waals surface area contributed by atoms with Crippen LogP contribution < -0.4 is 10.1 Å². The Balaban J connectivity index is 1.35. The first-order valence-corrected chi connectivity index (χ1v) is 14.1. The Morgan fingerprint density at radius 2 is 1.62 bits per heavy atom. The van der Waals surface area contributed by atoms with Crippen LogP contribution in [0.25, 0.3) is 5.57 Å². The highest BCUT2D eigenvalue weighted by atomic mass is 19.2. The minimum absolute atomic E-state index is 0.0104. The van der Waals surface area contributed by atoms with Crippen molar-refractivity contribution in [3.8, 4) is 5.75 Å². The van der Waals surface area contributed by atoms with E-state index in [0.29, 0.717) is 38.0 Å². The Hall–Kier alpha value is -4.11. The number of amides is 2. The minimum atomic E-state index is -1.34. The van der Waals surface area contributed by atoms with Gasteiger partial charge < -0.3 is 19.9 Å². The van der Waals surface area contributed by atoms with Crippen molar-refractivity contribution in [1.82, 2.24) is 15.1 Å². The number of halogens is 3. The first kappa shape index (κ1) is 29.4. The van der Waals surface area contributed by atoms with Crippen LogP contribution in [0.4, 0.5) is 13.2 Å². The number of nitrogens with one attached hydrogen (secondary N) is 1. The summed E-state index contributed by atoms with van der Waals surface area (Å²) in [5.41, 5.74) is 4.54. The molecule has 1 saturated heterocycles. The van der Waals surface area contributed by atoms with Crippen molar-refractivity contribution in [2.75, 3.05) is 33.3 Å². The molecule has 2 amide bonds. The topological polar surface area (TPSA) is 61.9 Å². The molecule has 220 valence electrons. The summed E-state index contributed by atoms with van der Waals surface area (Å²) in [5, 5.41) is 3.56. The molecular formula is C33H34F3N3O3. The van der Waals surface area contributed by atoms with Crippen LogP contribution in [0.3, 0.4) is 0 Å². The molecule has 9 heteroatoms. The number of hydrogen-bond donors (Lipinski definition) is 1. The largest absolute Gasteiger partial charge is 0.487 e. The third kappa shape index (κ3) is 6.51. The summed E-state index contributed by atoms with van der Waals surface area (Å²) in [6.07, 6.45) is 1.67. The molecule has 2 aliphatic heterocycles. The summed E-state index contributed by atoms with van der Waals surface area (Å²) in [6.45, 7) is 3.06. The monoisotopic (exact) mass is 577 g/mol. The third-order valence-electron chi connectivity index (χ3n) is 7.95. The minimum Gasteiger partial charge on any atom is -0.487 e. The summed E-state index contributed by atoms with van der Waals surface area (Å²) in [7, 11) is 1.81. The zero-order chi connectivity index (χ0) is 29.8. The maximum absolute atomic E-state index is 13.9. The van der Waals surface area contributed by atoms with Crippen molar-refractivity contribution in [3.63, 3.8) is 0 Å². The van der Waals surface area contributed by atoms with E-state index in [2.05, 4.69) is 5.32 Å². The van der Waals surface area contributed by atoms with Crippen LogP contribution in [0.5, 0.6) is 5.75 Å². The number of piperazine rings is 1. The van der Waals surface area contributed by atoms with Gasteiger partial charge in [0, 0.05) is 51.6 Å². The Labute approximate surface area is 243 Å². The van der Waals surface area contributed by atoms with Gasteiger partial charge in [-0.25, -0.2) is 8.78 Å². The van der Waals surface area contributed by atoms with Gasteiger partial charge in [-0.05, 0) is 47.2 Å². The standard InChI is InChI=1S/C33H34F3N3O3/c1-21(40)39-19-25-18-26(30(29(20-39)37-25)33(41)38(2)16-14-22-6-4-3-5-7-22)24-10-8-23(9-11-24)15-17-42-32-28(35)13-12-27(34)31(32)36/h3-13,25,29,37H,14-20H2,1-2H3/t25-,29-/m0/s1. The van der Waals surface area contributed by atoms with Gasteiger partial charge in [-0.15, -0.1) is 0 Å². The van der Waals surface area contributed by atoms with E-state index in [9.17, 15) is 22.8 Å². The second kappa shape index (κ2) is 12.8. The number of fused-ring (bicyclic) bond motifs is 2. The smallest absolute Gasteiger partial charge is 0.251 e. The molecule has 2 aliphatic rings. The molecule has 0 saturated carbocycles. The van der Waals surface area contributed by atoms with Crippen LogP contribution in [0, 0.1) is 17.5 Å². The SMILES string of the molecule is CC(=O)N1C[C@@H]2CC(c3ccc(CCOc4c(F)ccc(F)c4F)cc3)=C(C(=O)N(C)CCc3ccccc3)[C@H](C1)N2. The lowest BCUT2D eigenvalue weighted by atomic mass is 9.82. The van der Waals surface area contributed by atoms with Crippen molar-refractivity contribution in [3.05, 3.63) is 106 Å². The van der Waals surface area contributed by atoms with E-state index in [4.69, 9.17) is 4.74 Å². The molecule has 2 heterocycles. The molecular weight excluding hydrogens is 543 g/mol. The van der Waals surface area contributed by atoms with Crippen LogP contribution >= 0.6 is 0 Å². The highest BCUT2D eigenvalue weighted by molar-refractivity contribution is 6.03. The number of hydrogen-bond acceptors (Lipinski definition) is 4. The van der Waals surface area contributed by atoms with Gasteiger partial charge in [0.05, 0.1) is 12.6 Å². The van der Waals surface area contributed by atoms with Gasteiger partial charge in [0.1, 0.15) is 0 Å². The molecule has 5 rings (SSSR count). The predicted octanol–water partition coefficient (Wildman–Crippen LogP) is 4.77. The molecule has 42 heavy (non-hydrogen) atoms. The van der Waals surface area contributed by atoms with Crippen molar-refractivity contribution in [1.29, 1.82) is 0 Å². The molecule has 2 bridgehead atoms. The second-order valence-corrected chi connectivity index (χ2v) is 10.9. The molecule has 3 aromatic carbocycles. The summed E-state index contributed by atoms with van der Waals surface area (Å²) in [5.74, 6) is -4.27. The zero-order valence-corrected chi connectivity index (χ0v) is 23.7. The van der Waals surface area contributed by atoms with E-state index in [0.717, 1.165) is 40.8 Å². The average Bonchev–Trinajstić information content (AvgIpc) is 2.99. The molecule has 1 fully saturated rings. The number of rotatable bonds is 9.